The molecule has 0 bridgehead atoms. The van der Waals surface area contributed by atoms with Gasteiger partial charge in [0.05, 0.1) is 12.2 Å². The van der Waals surface area contributed by atoms with Gasteiger partial charge in [-0.2, -0.15) is 5.10 Å². The second kappa shape index (κ2) is 6.62. The predicted molar refractivity (Wildman–Crippen MR) is 82.0 cm³/mol. The van der Waals surface area contributed by atoms with Gasteiger partial charge >= 0.3 is 0 Å². The first-order valence-electron chi connectivity index (χ1n) is 6.95. The first kappa shape index (κ1) is 13.9. The van der Waals surface area contributed by atoms with Crippen LogP contribution in [0.1, 0.15) is 10.4 Å². The molecule has 0 aliphatic carbocycles. The number of hydrogen-bond donors (Lipinski definition) is 1. The van der Waals surface area contributed by atoms with Gasteiger partial charge in [-0.25, -0.2) is 0 Å². The van der Waals surface area contributed by atoms with Gasteiger partial charge in [-0.1, -0.05) is 0 Å². The fourth-order valence-electron chi connectivity index (χ4n) is 2.05. The Hall–Kier alpha value is -3.02. The summed E-state index contributed by atoms with van der Waals surface area (Å²) in [6, 6.07) is 9.14. The average molecular weight is 293 g/mol. The minimum absolute atomic E-state index is 0.107. The summed E-state index contributed by atoms with van der Waals surface area (Å²) >= 11 is 0. The van der Waals surface area contributed by atoms with Crippen molar-refractivity contribution in [3.63, 3.8) is 0 Å². The van der Waals surface area contributed by atoms with Crippen LogP contribution in [0.2, 0.25) is 0 Å². The monoisotopic (exact) mass is 293 g/mol. The summed E-state index contributed by atoms with van der Waals surface area (Å²) in [6.45, 7) is 1.13. The number of pyridine rings is 2. The fourth-order valence-corrected chi connectivity index (χ4v) is 2.05. The lowest BCUT2D eigenvalue weighted by Crippen LogP contribution is -2.27. The number of carbonyl (C=O) groups excluding carboxylic acids is 1. The first-order valence-corrected chi connectivity index (χ1v) is 6.95. The van der Waals surface area contributed by atoms with E-state index in [0.717, 1.165) is 11.3 Å². The number of nitrogens with zero attached hydrogens (tertiary/aromatic N) is 4. The van der Waals surface area contributed by atoms with E-state index in [-0.39, 0.29) is 5.91 Å². The highest BCUT2D eigenvalue weighted by molar-refractivity contribution is 5.93. The highest BCUT2D eigenvalue weighted by Crippen LogP contribution is 2.14. The number of hydrogen-bond acceptors (Lipinski definition) is 4. The molecule has 0 radical (unpaired) electrons. The molecule has 3 aromatic rings. The van der Waals surface area contributed by atoms with Crippen LogP contribution in [0, 0.1) is 0 Å². The molecular formula is C16H15N5O. The molecule has 22 heavy (non-hydrogen) atoms. The lowest BCUT2D eigenvalue weighted by molar-refractivity contribution is 0.0952. The Bertz CT molecular complexity index is 739. The summed E-state index contributed by atoms with van der Waals surface area (Å²) in [4.78, 5) is 19.8. The van der Waals surface area contributed by atoms with E-state index >= 15 is 0 Å². The zero-order chi connectivity index (χ0) is 15.2. The van der Waals surface area contributed by atoms with E-state index in [0.29, 0.717) is 18.7 Å². The number of amides is 1. The quantitative estimate of drug-likeness (QED) is 0.778. The van der Waals surface area contributed by atoms with E-state index in [9.17, 15) is 4.79 Å². The highest BCUT2D eigenvalue weighted by atomic mass is 16.1. The normalized spacial score (nSPS) is 10.4. The minimum atomic E-state index is -0.107. The zero-order valence-electron chi connectivity index (χ0n) is 11.9. The third-order valence-corrected chi connectivity index (χ3v) is 3.19. The van der Waals surface area contributed by atoms with Crippen molar-refractivity contribution in [2.45, 2.75) is 6.54 Å². The summed E-state index contributed by atoms with van der Waals surface area (Å²) in [5.74, 6) is -0.107. The minimum Gasteiger partial charge on any atom is -0.350 e. The molecule has 0 saturated carbocycles. The van der Waals surface area contributed by atoms with Crippen LogP contribution in [0.15, 0.2) is 61.3 Å². The third-order valence-electron chi connectivity index (χ3n) is 3.19. The maximum absolute atomic E-state index is 11.9. The molecule has 1 N–H and O–H groups in total. The van der Waals surface area contributed by atoms with Gasteiger partial charge in [-0.05, 0) is 30.3 Å². The lowest BCUT2D eigenvalue weighted by Gasteiger charge is -2.05. The molecule has 6 heteroatoms. The highest BCUT2D eigenvalue weighted by Gasteiger charge is 2.05. The molecule has 0 fully saturated rings. The van der Waals surface area contributed by atoms with Gasteiger partial charge in [-0.3, -0.25) is 19.4 Å². The van der Waals surface area contributed by atoms with Crippen LogP contribution >= 0.6 is 0 Å². The van der Waals surface area contributed by atoms with E-state index in [1.54, 1.807) is 36.9 Å². The maximum atomic E-state index is 11.9. The molecule has 3 heterocycles. The molecule has 0 aliphatic rings. The molecule has 0 saturated heterocycles. The van der Waals surface area contributed by atoms with Crippen molar-refractivity contribution in [2.24, 2.45) is 0 Å². The van der Waals surface area contributed by atoms with Crippen LogP contribution in [-0.2, 0) is 6.54 Å². The van der Waals surface area contributed by atoms with E-state index in [1.807, 2.05) is 29.1 Å². The second-order valence-corrected chi connectivity index (χ2v) is 4.69. The van der Waals surface area contributed by atoms with Gasteiger partial charge in [0.25, 0.3) is 5.91 Å². The van der Waals surface area contributed by atoms with Gasteiger partial charge < -0.3 is 5.32 Å². The van der Waals surface area contributed by atoms with Gasteiger partial charge in [0, 0.05) is 48.7 Å². The van der Waals surface area contributed by atoms with E-state index in [2.05, 4.69) is 20.4 Å². The predicted octanol–water partition coefficient (Wildman–Crippen LogP) is 1.77. The Morgan fingerprint density at radius 2 is 1.68 bits per heavy atom. The van der Waals surface area contributed by atoms with Crippen LogP contribution in [0.3, 0.4) is 0 Å². The summed E-state index contributed by atoms with van der Waals surface area (Å²) in [7, 11) is 0. The Labute approximate surface area is 127 Å². The SMILES string of the molecule is O=C(NCCn1ccc(-c2ccncc2)n1)c1ccncc1. The number of rotatable bonds is 5. The Kier molecular flexibility index (Phi) is 4.20. The molecular weight excluding hydrogens is 278 g/mol. The number of nitrogens with one attached hydrogen (secondary N) is 1. The third kappa shape index (κ3) is 3.35. The molecule has 0 aromatic carbocycles. The molecule has 6 nitrogen and oxygen atoms in total. The fraction of sp³-hybridized carbons (Fsp3) is 0.125. The molecule has 110 valence electrons. The summed E-state index contributed by atoms with van der Waals surface area (Å²) in [5.41, 5.74) is 2.52. The Morgan fingerprint density at radius 3 is 2.41 bits per heavy atom. The topological polar surface area (TPSA) is 72.7 Å². The van der Waals surface area contributed by atoms with Crippen molar-refractivity contribution in [3.05, 3.63) is 66.9 Å². The molecule has 3 rings (SSSR count). The summed E-state index contributed by atoms with van der Waals surface area (Å²) in [6.07, 6.45) is 8.58. The van der Waals surface area contributed by atoms with Crippen molar-refractivity contribution in [2.75, 3.05) is 6.54 Å². The smallest absolute Gasteiger partial charge is 0.251 e. The molecule has 0 spiro atoms. The second-order valence-electron chi connectivity index (χ2n) is 4.69. The average Bonchev–Trinajstić information content (AvgIpc) is 3.05. The molecule has 1 amide bonds. The summed E-state index contributed by atoms with van der Waals surface area (Å²) < 4.78 is 1.81. The Balaban J connectivity index is 1.55. The molecule has 0 aliphatic heterocycles. The first-order chi connectivity index (χ1) is 10.8. The van der Waals surface area contributed by atoms with Crippen LogP contribution in [0.5, 0.6) is 0 Å². The van der Waals surface area contributed by atoms with Crippen molar-refractivity contribution in [1.82, 2.24) is 25.1 Å². The van der Waals surface area contributed by atoms with Crippen molar-refractivity contribution in [3.8, 4) is 11.3 Å². The maximum Gasteiger partial charge on any atom is 0.251 e. The van der Waals surface area contributed by atoms with Crippen molar-refractivity contribution in [1.29, 1.82) is 0 Å². The van der Waals surface area contributed by atoms with E-state index in [1.165, 1.54) is 0 Å². The van der Waals surface area contributed by atoms with E-state index < -0.39 is 0 Å². The van der Waals surface area contributed by atoms with E-state index in [4.69, 9.17) is 0 Å². The van der Waals surface area contributed by atoms with Crippen molar-refractivity contribution >= 4 is 5.91 Å². The largest absolute Gasteiger partial charge is 0.350 e. The zero-order valence-corrected chi connectivity index (χ0v) is 11.9. The molecule has 0 unspecified atom stereocenters. The standard InChI is InChI=1S/C16H15N5O/c22-16(14-3-8-18-9-4-14)19-10-12-21-11-5-15(20-21)13-1-6-17-7-2-13/h1-9,11H,10,12H2,(H,19,22). The summed E-state index contributed by atoms with van der Waals surface area (Å²) in [5, 5.41) is 7.34. The van der Waals surface area contributed by atoms with Gasteiger partial charge in [0.1, 0.15) is 0 Å². The van der Waals surface area contributed by atoms with Crippen LogP contribution in [-0.4, -0.2) is 32.2 Å². The van der Waals surface area contributed by atoms with Gasteiger partial charge in [0.15, 0.2) is 0 Å². The molecule has 0 atom stereocenters. The lowest BCUT2D eigenvalue weighted by atomic mass is 10.2. The van der Waals surface area contributed by atoms with Crippen LogP contribution in [0.4, 0.5) is 0 Å². The number of aromatic nitrogens is 4. The number of carbonyl (C=O) groups is 1. The Morgan fingerprint density at radius 1 is 1.00 bits per heavy atom. The van der Waals surface area contributed by atoms with Gasteiger partial charge in [-0.15, -0.1) is 0 Å². The van der Waals surface area contributed by atoms with Gasteiger partial charge in [0.2, 0.25) is 0 Å². The van der Waals surface area contributed by atoms with Crippen LogP contribution in [0.25, 0.3) is 11.3 Å². The van der Waals surface area contributed by atoms with Crippen molar-refractivity contribution < 1.29 is 4.79 Å². The van der Waals surface area contributed by atoms with Crippen LogP contribution < -0.4 is 5.32 Å². The molecule has 3 aromatic heterocycles.